The maximum Gasteiger partial charge on any atom is 0.227 e. The summed E-state index contributed by atoms with van der Waals surface area (Å²) in [7, 11) is 1.80. The Morgan fingerprint density at radius 3 is 2.39 bits per heavy atom. The summed E-state index contributed by atoms with van der Waals surface area (Å²) >= 11 is 0. The Hall–Kier alpha value is -2.75. The molecule has 4 nitrogen and oxygen atoms in total. The molecule has 0 aliphatic carbocycles. The molecule has 23 heavy (non-hydrogen) atoms. The van der Waals surface area contributed by atoms with E-state index >= 15 is 0 Å². The number of aryl methyl sites for hydroxylation is 1. The van der Waals surface area contributed by atoms with Gasteiger partial charge in [0.2, 0.25) is 5.91 Å². The quantitative estimate of drug-likeness (QED) is 0.722. The van der Waals surface area contributed by atoms with Crippen LogP contribution in [0.15, 0.2) is 65.3 Å². The number of hydrogen-bond donors (Lipinski definition) is 0. The summed E-state index contributed by atoms with van der Waals surface area (Å²) in [6.07, 6.45) is 4.39. The molecule has 0 radical (unpaired) electrons. The van der Waals surface area contributed by atoms with Gasteiger partial charge in [-0.25, -0.2) is 0 Å². The molecule has 0 aliphatic heterocycles. The number of carbonyl (C=O) groups is 1. The van der Waals surface area contributed by atoms with Crippen molar-refractivity contribution in [1.29, 1.82) is 0 Å². The smallest absolute Gasteiger partial charge is 0.227 e. The zero-order valence-electron chi connectivity index (χ0n) is 13.4. The number of hydrogen-bond acceptors (Lipinski definition) is 2. The van der Waals surface area contributed by atoms with Crippen LogP contribution in [0, 0.1) is 6.92 Å². The van der Waals surface area contributed by atoms with Crippen LogP contribution in [-0.2, 0) is 17.8 Å². The highest BCUT2D eigenvalue weighted by Gasteiger charge is 2.12. The summed E-state index contributed by atoms with van der Waals surface area (Å²) in [5.74, 6) is 1.75. The highest BCUT2D eigenvalue weighted by Crippen LogP contribution is 2.13. The Labute approximate surface area is 136 Å². The Kier molecular flexibility index (Phi) is 4.33. The second-order valence-electron chi connectivity index (χ2n) is 5.70. The molecule has 4 heteroatoms. The number of benzene rings is 1. The van der Waals surface area contributed by atoms with Crippen molar-refractivity contribution in [1.82, 2.24) is 9.47 Å². The number of nitrogens with zero attached hydrogens (tertiary/aromatic N) is 2. The minimum atomic E-state index is 0.0766. The molecule has 1 aromatic carbocycles. The predicted molar refractivity (Wildman–Crippen MR) is 89.4 cm³/mol. The van der Waals surface area contributed by atoms with Crippen LogP contribution in [0.25, 0.3) is 5.69 Å². The van der Waals surface area contributed by atoms with Crippen LogP contribution in [0.4, 0.5) is 0 Å². The number of carbonyl (C=O) groups excluding carboxylic acids is 1. The molecule has 0 saturated carbocycles. The number of likely N-dealkylation sites (N-methyl/N-ethyl adjacent to an activating group) is 1. The number of aromatic nitrogens is 1. The normalized spacial score (nSPS) is 10.7. The lowest BCUT2D eigenvalue weighted by Crippen LogP contribution is -2.27. The first-order valence-electron chi connectivity index (χ1n) is 7.63. The molecule has 0 atom stereocenters. The van der Waals surface area contributed by atoms with E-state index in [9.17, 15) is 4.79 Å². The lowest BCUT2D eigenvalue weighted by atomic mass is 10.1. The molecule has 1 amide bonds. The average molecular weight is 308 g/mol. The molecule has 3 rings (SSSR count). The summed E-state index contributed by atoms with van der Waals surface area (Å²) in [5, 5.41) is 0. The topological polar surface area (TPSA) is 38.4 Å². The molecule has 0 N–H and O–H groups in total. The second kappa shape index (κ2) is 6.57. The van der Waals surface area contributed by atoms with Gasteiger partial charge in [0.1, 0.15) is 11.5 Å². The Morgan fingerprint density at radius 2 is 1.78 bits per heavy atom. The van der Waals surface area contributed by atoms with Crippen molar-refractivity contribution in [3.63, 3.8) is 0 Å². The molecule has 2 aromatic heterocycles. The van der Waals surface area contributed by atoms with Gasteiger partial charge in [0.15, 0.2) is 0 Å². The molecule has 118 valence electrons. The van der Waals surface area contributed by atoms with Crippen molar-refractivity contribution in [2.24, 2.45) is 0 Å². The van der Waals surface area contributed by atoms with E-state index < -0.39 is 0 Å². The lowest BCUT2D eigenvalue weighted by molar-refractivity contribution is -0.129. The zero-order valence-corrected chi connectivity index (χ0v) is 13.4. The number of rotatable bonds is 5. The molecule has 0 fully saturated rings. The van der Waals surface area contributed by atoms with Crippen molar-refractivity contribution in [3.8, 4) is 5.69 Å². The minimum Gasteiger partial charge on any atom is -0.464 e. The Morgan fingerprint density at radius 1 is 1.09 bits per heavy atom. The fourth-order valence-electron chi connectivity index (χ4n) is 2.49. The first kappa shape index (κ1) is 15.2. The van der Waals surface area contributed by atoms with Crippen molar-refractivity contribution in [2.75, 3.05) is 7.05 Å². The molecule has 3 aromatic rings. The van der Waals surface area contributed by atoms with E-state index in [-0.39, 0.29) is 5.91 Å². The van der Waals surface area contributed by atoms with Gasteiger partial charge in [-0.3, -0.25) is 4.79 Å². The van der Waals surface area contributed by atoms with Crippen molar-refractivity contribution < 1.29 is 9.21 Å². The summed E-state index contributed by atoms with van der Waals surface area (Å²) < 4.78 is 7.55. The van der Waals surface area contributed by atoms with Gasteiger partial charge in [0, 0.05) is 25.1 Å². The summed E-state index contributed by atoms with van der Waals surface area (Å²) in [4.78, 5) is 14.0. The van der Waals surface area contributed by atoms with Crippen LogP contribution in [0.3, 0.4) is 0 Å². The van der Waals surface area contributed by atoms with Crippen molar-refractivity contribution >= 4 is 5.91 Å². The van der Waals surface area contributed by atoms with Crippen molar-refractivity contribution in [2.45, 2.75) is 19.9 Å². The Balaban J connectivity index is 1.61. The van der Waals surface area contributed by atoms with Crippen LogP contribution in [0.5, 0.6) is 0 Å². The maximum absolute atomic E-state index is 12.3. The van der Waals surface area contributed by atoms with Gasteiger partial charge < -0.3 is 13.9 Å². The van der Waals surface area contributed by atoms with Crippen molar-refractivity contribution in [3.05, 3.63) is 78.0 Å². The maximum atomic E-state index is 12.3. The van der Waals surface area contributed by atoms with Gasteiger partial charge in [0.05, 0.1) is 13.0 Å². The van der Waals surface area contributed by atoms with Crippen LogP contribution < -0.4 is 0 Å². The lowest BCUT2D eigenvalue weighted by Gasteiger charge is -2.16. The SMILES string of the molecule is Cc1ccc(CN(C)C(=O)Cc2ccc(-n3cccc3)cc2)o1. The van der Waals surface area contributed by atoms with Crippen LogP contribution >= 0.6 is 0 Å². The fraction of sp³-hybridized carbons (Fsp3) is 0.211. The number of furan rings is 1. The molecule has 0 unspecified atom stereocenters. The molecule has 0 aliphatic rings. The Bertz CT molecular complexity index is 770. The van der Waals surface area contributed by atoms with Gasteiger partial charge in [-0.2, -0.15) is 0 Å². The third kappa shape index (κ3) is 3.72. The van der Waals surface area contributed by atoms with E-state index in [4.69, 9.17) is 4.42 Å². The molecule has 0 spiro atoms. The first-order valence-corrected chi connectivity index (χ1v) is 7.63. The summed E-state index contributed by atoms with van der Waals surface area (Å²) in [6, 6.07) is 15.8. The highest BCUT2D eigenvalue weighted by atomic mass is 16.3. The molecule has 0 bridgehead atoms. The third-order valence-corrected chi connectivity index (χ3v) is 3.81. The van der Waals surface area contributed by atoms with E-state index in [0.29, 0.717) is 13.0 Å². The van der Waals surface area contributed by atoms with E-state index in [1.165, 1.54) is 0 Å². The van der Waals surface area contributed by atoms with E-state index in [1.807, 2.05) is 72.4 Å². The molecule has 2 heterocycles. The van der Waals surface area contributed by atoms with E-state index in [0.717, 1.165) is 22.8 Å². The predicted octanol–water partition coefficient (Wildman–Crippen LogP) is 3.58. The second-order valence-corrected chi connectivity index (χ2v) is 5.70. The van der Waals surface area contributed by atoms with Crippen LogP contribution in [-0.4, -0.2) is 22.4 Å². The standard InChI is InChI=1S/C19H20N2O2/c1-15-5-10-18(23-15)14-20(2)19(22)13-16-6-8-17(9-7-16)21-11-3-4-12-21/h3-12H,13-14H2,1-2H3. The number of amides is 1. The minimum absolute atomic E-state index is 0.0766. The van der Waals surface area contributed by atoms with E-state index in [1.54, 1.807) is 11.9 Å². The third-order valence-electron chi connectivity index (χ3n) is 3.81. The molecular weight excluding hydrogens is 288 g/mol. The van der Waals surface area contributed by atoms with Crippen LogP contribution in [0.1, 0.15) is 17.1 Å². The zero-order chi connectivity index (χ0) is 16.2. The molecular formula is C19H20N2O2. The monoisotopic (exact) mass is 308 g/mol. The molecule has 0 saturated heterocycles. The first-order chi connectivity index (χ1) is 11.1. The van der Waals surface area contributed by atoms with Gasteiger partial charge in [-0.05, 0) is 48.9 Å². The largest absolute Gasteiger partial charge is 0.464 e. The van der Waals surface area contributed by atoms with E-state index in [2.05, 4.69) is 0 Å². The van der Waals surface area contributed by atoms with Gasteiger partial charge in [-0.15, -0.1) is 0 Å². The highest BCUT2D eigenvalue weighted by molar-refractivity contribution is 5.78. The summed E-state index contributed by atoms with van der Waals surface area (Å²) in [5.41, 5.74) is 2.10. The summed E-state index contributed by atoms with van der Waals surface area (Å²) in [6.45, 7) is 2.39. The van der Waals surface area contributed by atoms with Gasteiger partial charge in [0.25, 0.3) is 0 Å². The van der Waals surface area contributed by atoms with Gasteiger partial charge in [-0.1, -0.05) is 12.1 Å². The average Bonchev–Trinajstić information content (AvgIpc) is 3.20. The fourth-order valence-corrected chi connectivity index (χ4v) is 2.49. The van der Waals surface area contributed by atoms with Gasteiger partial charge >= 0.3 is 0 Å². The van der Waals surface area contributed by atoms with Crippen LogP contribution in [0.2, 0.25) is 0 Å².